The smallest absolute Gasteiger partial charge is 0.307 e. The summed E-state index contributed by atoms with van der Waals surface area (Å²) in [7, 11) is 0. The van der Waals surface area contributed by atoms with E-state index >= 15 is 0 Å². The Morgan fingerprint density at radius 1 is 1.10 bits per heavy atom. The SMILES string of the molecule is Cc1ccc(Nc2cccc(C)c2C)c(CC(=O)O)c1. The third-order valence-corrected chi connectivity index (χ3v) is 3.48. The minimum atomic E-state index is -0.820. The lowest BCUT2D eigenvalue weighted by molar-refractivity contribution is -0.136. The molecule has 20 heavy (non-hydrogen) atoms. The number of carbonyl (C=O) groups is 1. The summed E-state index contributed by atoms with van der Waals surface area (Å²) in [6, 6.07) is 11.9. The molecule has 0 fully saturated rings. The van der Waals surface area contributed by atoms with E-state index < -0.39 is 5.97 Å². The van der Waals surface area contributed by atoms with Crippen molar-refractivity contribution < 1.29 is 9.90 Å². The number of rotatable bonds is 4. The molecule has 0 aliphatic carbocycles. The average molecular weight is 269 g/mol. The lowest BCUT2D eigenvalue weighted by atomic mass is 10.0. The fourth-order valence-electron chi connectivity index (χ4n) is 2.19. The average Bonchev–Trinajstić information content (AvgIpc) is 2.37. The molecule has 0 aromatic heterocycles. The Labute approximate surface area is 119 Å². The predicted molar refractivity (Wildman–Crippen MR) is 81.7 cm³/mol. The maximum Gasteiger partial charge on any atom is 0.307 e. The van der Waals surface area contributed by atoms with Gasteiger partial charge in [-0.15, -0.1) is 0 Å². The maximum atomic E-state index is 11.0. The van der Waals surface area contributed by atoms with Gasteiger partial charge >= 0.3 is 5.97 Å². The number of nitrogens with one attached hydrogen (secondary N) is 1. The summed E-state index contributed by atoms with van der Waals surface area (Å²) < 4.78 is 0. The van der Waals surface area contributed by atoms with Crippen LogP contribution in [0.5, 0.6) is 0 Å². The van der Waals surface area contributed by atoms with Crippen LogP contribution in [0.25, 0.3) is 0 Å². The van der Waals surface area contributed by atoms with Gasteiger partial charge in [0.1, 0.15) is 0 Å². The Balaban J connectivity index is 2.37. The van der Waals surface area contributed by atoms with E-state index in [0.717, 1.165) is 22.5 Å². The summed E-state index contributed by atoms with van der Waals surface area (Å²) >= 11 is 0. The van der Waals surface area contributed by atoms with Gasteiger partial charge in [-0.1, -0.05) is 29.8 Å². The highest BCUT2D eigenvalue weighted by molar-refractivity contribution is 5.76. The second kappa shape index (κ2) is 5.78. The zero-order valence-corrected chi connectivity index (χ0v) is 12.0. The number of aryl methyl sites for hydroxylation is 2. The highest BCUT2D eigenvalue weighted by Gasteiger charge is 2.09. The molecule has 3 nitrogen and oxygen atoms in total. The van der Waals surface area contributed by atoms with E-state index in [4.69, 9.17) is 5.11 Å². The Morgan fingerprint density at radius 3 is 2.55 bits per heavy atom. The maximum absolute atomic E-state index is 11.0. The van der Waals surface area contributed by atoms with Gasteiger partial charge in [-0.05, 0) is 49.6 Å². The molecular formula is C17H19NO2. The molecule has 2 rings (SSSR count). The molecule has 0 spiro atoms. The van der Waals surface area contributed by atoms with Crippen LogP contribution in [0.3, 0.4) is 0 Å². The zero-order valence-electron chi connectivity index (χ0n) is 12.0. The molecule has 0 saturated heterocycles. The van der Waals surface area contributed by atoms with Crippen molar-refractivity contribution in [1.29, 1.82) is 0 Å². The van der Waals surface area contributed by atoms with Crippen molar-refractivity contribution in [2.75, 3.05) is 5.32 Å². The van der Waals surface area contributed by atoms with Crippen LogP contribution in [0.15, 0.2) is 36.4 Å². The van der Waals surface area contributed by atoms with E-state index in [1.165, 1.54) is 11.1 Å². The molecule has 0 bridgehead atoms. The van der Waals surface area contributed by atoms with E-state index in [-0.39, 0.29) is 6.42 Å². The number of carboxylic acid groups (broad SMARTS) is 1. The number of carboxylic acids is 1. The summed E-state index contributed by atoms with van der Waals surface area (Å²) in [4.78, 5) is 11.0. The first-order valence-corrected chi connectivity index (χ1v) is 6.62. The van der Waals surface area contributed by atoms with E-state index in [9.17, 15) is 4.79 Å². The summed E-state index contributed by atoms with van der Waals surface area (Å²) in [6.07, 6.45) is 0.0227. The molecule has 2 aromatic rings. The van der Waals surface area contributed by atoms with Gasteiger partial charge in [0.2, 0.25) is 0 Å². The topological polar surface area (TPSA) is 49.3 Å². The molecule has 0 unspecified atom stereocenters. The minimum Gasteiger partial charge on any atom is -0.481 e. The number of hydrogen-bond acceptors (Lipinski definition) is 2. The number of hydrogen-bond donors (Lipinski definition) is 2. The van der Waals surface area contributed by atoms with Crippen molar-refractivity contribution in [2.45, 2.75) is 27.2 Å². The first-order valence-electron chi connectivity index (χ1n) is 6.62. The number of anilines is 2. The molecule has 0 atom stereocenters. The lowest BCUT2D eigenvalue weighted by Crippen LogP contribution is -2.05. The van der Waals surface area contributed by atoms with Gasteiger partial charge in [-0.2, -0.15) is 0 Å². The second-order valence-corrected chi connectivity index (χ2v) is 5.10. The molecular weight excluding hydrogens is 250 g/mol. The second-order valence-electron chi connectivity index (χ2n) is 5.10. The monoisotopic (exact) mass is 269 g/mol. The first-order chi connectivity index (χ1) is 9.47. The number of benzene rings is 2. The van der Waals surface area contributed by atoms with Crippen molar-refractivity contribution >= 4 is 17.3 Å². The number of aliphatic carboxylic acids is 1. The molecule has 0 aliphatic heterocycles. The molecule has 2 N–H and O–H groups in total. The largest absolute Gasteiger partial charge is 0.481 e. The third-order valence-electron chi connectivity index (χ3n) is 3.48. The normalized spacial score (nSPS) is 10.3. The van der Waals surface area contributed by atoms with Gasteiger partial charge < -0.3 is 10.4 Å². The molecule has 0 saturated carbocycles. The van der Waals surface area contributed by atoms with Crippen LogP contribution in [-0.4, -0.2) is 11.1 Å². The van der Waals surface area contributed by atoms with Crippen LogP contribution in [0.1, 0.15) is 22.3 Å². The van der Waals surface area contributed by atoms with Gasteiger partial charge in [-0.3, -0.25) is 4.79 Å². The Hall–Kier alpha value is -2.29. The summed E-state index contributed by atoms with van der Waals surface area (Å²) in [6.45, 7) is 6.09. The molecule has 3 heteroatoms. The van der Waals surface area contributed by atoms with Crippen molar-refractivity contribution in [2.24, 2.45) is 0 Å². The molecule has 0 amide bonds. The molecule has 0 aliphatic rings. The fraction of sp³-hybridized carbons (Fsp3) is 0.235. The highest BCUT2D eigenvalue weighted by Crippen LogP contribution is 2.26. The molecule has 2 aromatic carbocycles. The van der Waals surface area contributed by atoms with Crippen LogP contribution in [0.2, 0.25) is 0 Å². The van der Waals surface area contributed by atoms with E-state index in [1.807, 2.05) is 37.3 Å². The van der Waals surface area contributed by atoms with Crippen molar-refractivity contribution in [3.8, 4) is 0 Å². The van der Waals surface area contributed by atoms with Crippen LogP contribution in [0.4, 0.5) is 11.4 Å². The Bertz CT molecular complexity index is 647. The van der Waals surface area contributed by atoms with Crippen molar-refractivity contribution in [3.05, 3.63) is 58.7 Å². The van der Waals surface area contributed by atoms with Gasteiger partial charge in [-0.25, -0.2) is 0 Å². The van der Waals surface area contributed by atoms with Gasteiger partial charge in [0.05, 0.1) is 6.42 Å². The standard InChI is InChI=1S/C17H19NO2/c1-11-7-8-16(14(9-11)10-17(19)20)18-15-6-4-5-12(2)13(15)3/h4-9,18H,10H2,1-3H3,(H,19,20). The quantitative estimate of drug-likeness (QED) is 0.882. The fourth-order valence-corrected chi connectivity index (χ4v) is 2.19. The third kappa shape index (κ3) is 3.18. The predicted octanol–water partition coefficient (Wildman–Crippen LogP) is 3.98. The summed E-state index contributed by atoms with van der Waals surface area (Å²) in [5.74, 6) is -0.820. The van der Waals surface area contributed by atoms with Gasteiger partial charge in [0.25, 0.3) is 0 Å². The highest BCUT2D eigenvalue weighted by atomic mass is 16.4. The Kier molecular flexibility index (Phi) is 4.08. The molecule has 0 radical (unpaired) electrons. The molecule has 104 valence electrons. The first kappa shape index (κ1) is 14.1. The van der Waals surface area contributed by atoms with E-state index in [1.54, 1.807) is 0 Å². The van der Waals surface area contributed by atoms with Gasteiger partial charge in [0.15, 0.2) is 0 Å². The minimum absolute atomic E-state index is 0.0227. The zero-order chi connectivity index (χ0) is 14.7. The van der Waals surface area contributed by atoms with Crippen LogP contribution < -0.4 is 5.32 Å². The van der Waals surface area contributed by atoms with E-state index in [0.29, 0.717) is 0 Å². The van der Waals surface area contributed by atoms with Gasteiger partial charge in [0, 0.05) is 11.4 Å². The Morgan fingerprint density at radius 2 is 1.85 bits per heavy atom. The van der Waals surface area contributed by atoms with Crippen molar-refractivity contribution in [3.63, 3.8) is 0 Å². The van der Waals surface area contributed by atoms with Crippen molar-refractivity contribution in [1.82, 2.24) is 0 Å². The lowest BCUT2D eigenvalue weighted by Gasteiger charge is -2.15. The van der Waals surface area contributed by atoms with Crippen LogP contribution >= 0.6 is 0 Å². The van der Waals surface area contributed by atoms with Crippen LogP contribution in [0, 0.1) is 20.8 Å². The molecule has 0 heterocycles. The van der Waals surface area contributed by atoms with Crippen LogP contribution in [-0.2, 0) is 11.2 Å². The summed E-state index contributed by atoms with van der Waals surface area (Å²) in [5, 5.41) is 12.4. The summed E-state index contributed by atoms with van der Waals surface area (Å²) in [5.41, 5.74) is 6.12. The van der Waals surface area contributed by atoms with E-state index in [2.05, 4.69) is 25.2 Å².